The maximum Gasteiger partial charge on any atom is 0.122 e. The molecule has 0 aromatic rings. The van der Waals surface area contributed by atoms with E-state index < -0.39 is 11.5 Å². The second kappa shape index (κ2) is 10.1. The van der Waals surface area contributed by atoms with Crippen molar-refractivity contribution in [1.82, 2.24) is 0 Å². The van der Waals surface area contributed by atoms with E-state index in [2.05, 4.69) is 6.92 Å². The van der Waals surface area contributed by atoms with Gasteiger partial charge in [-0.05, 0) is 87.9 Å². The Kier molecular flexibility index (Phi) is 8.12. The molecule has 3 fully saturated rings. The van der Waals surface area contributed by atoms with Gasteiger partial charge in [-0.15, -0.1) is 11.6 Å². The van der Waals surface area contributed by atoms with Gasteiger partial charge in [-0.2, -0.15) is 0 Å². The fraction of sp³-hybridized carbons (Fsp3) is 1.00. The van der Waals surface area contributed by atoms with Crippen LogP contribution in [0, 0.1) is 29.6 Å². The standard InChI is InChI=1S/C23H40ClFO/c1-3-5-16-6-8-17(9-7-16)18-10-12-19(13-11-18)20-14-15-21(26-4-2)22(24)23(20)25/h16-23H,3-15H2,1-2H3. The van der Waals surface area contributed by atoms with Crippen molar-refractivity contribution in [2.45, 2.75) is 109 Å². The Balaban J connectivity index is 1.44. The summed E-state index contributed by atoms with van der Waals surface area (Å²) in [5.74, 6) is 3.61. The van der Waals surface area contributed by atoms with Crippen LogP contribution in [0.2, 0.25) is 0 Å². The predicted molar refractivity (Wildman–Crippen MR) is 108 cm³/mol. The Morgan fingerprint density at radius 2 is 1.38 bits per heavy atom. The number of halogens is 2. The molecule has 0 spiro atoms. The molecule has 3 saturated carbocycles. The quantitative estimate of drug-likeness (QED) is 0.440. The van der Waals surface area contributed by atoms with Gasteiger partial charge in [-0.25, -0.2) is 4.39 Å². The lowest BCUT2D eigenvalue weighted by molar-refractivity contribution is -0.0230. The van der Waals surface area contributed by atoms with Crippen LogP contribution in [0.25, 0.3) is 0 Å². The van der Waals surface area contributed by atoms with Gasteiger partial charge >= 0.3 is 0 Å². The lowest BCUT2D eigenvalue weighted by atomic mass is 9.65. The van der Waals surface area contributed by atoms with Crippen molar-refractivity contribution in [1.29, 1.82) is 0 Å². The van der Waals surface area contributed by atoms with E-state index in [4.69, 9.17) is 16.3 Å². The summed E-state index contributed by atoms with van der Waals surface area (Å²) in [5.41, 5.74) is 0. The third kappa shape index (κ3) is 4.96. The van der Waals surface area contributed by atoms with E-state index in [0.717, 1.165) is 30.6 Å². The molecule has 0 aliphatic heterocycles. The summed E-state index contributed by atoms with van der Waals surface area (Å²) in [6.07, 6.45) is 14.7. The third-order valence-corrected chi connectivity index (χ3v) is 8.43. The molecule has 0 N–H and O–H groups in total. The number of ether oxygens (including phenoxy) is 1. The first-order chi connectivity index (χ1) is 12.6. The zero-order chi connectivity index (χ0) is 18.5. The number of rotatable bonds is 6. The molecule has 4 unspecified atom stereocenters. The minimum absolute atomic E-state index is 0.0810. The molecule has 0 radical (unpaired) electrons. The van der Waals surface area contributed by atoms with Gasteiger partial charge in [0.15, 0.2) is 0 Å². The lowest BCUT2D eigenvalue weighted by Gasteiger charge is -2.43. The molecule has 0 bridgehead atoms. The monoisotopic (exact) mass is 386 g/mol. The van der Waals surface area contributed by atoms with E-state index in [1.54, 1.807) is 0 Å². The molecule has 0 saturated heterocycles. The summed E-state index contributed by atoms with van der Waals surface area (Å²) in [5, 5.41) is -0.444. The van der Waals surface area contributed by atoms with Crippen molar-refractivity contribution in [3.05, 3.63) is 0 Å². The highest BCUT2D eigenvalue weighted by Crippen LogP contribution is 2.47. The topological polar surface area (TPSA) is 9.23 Å². The van der Waals surface area contributed by atoms with Gasteiger partial charge in [0, 0.05) is 6.61 Å². The zero-order valence-electron chi connectivity index (χ0n) is 17.0. The van der Waals surface area contributed by atoms with Crippen LogP contribution < -0.4 is 0 Å². The zero-order valence-corrected chi connectivity index (χ0v) is 17.7. The van der Waals surface area contributed by atoms with Crippen LogP contribution in [0.3, 0.4) is 0 Å². The van der Waals surface area contributed by atoms with E-state index in [9.17, 15) is 4.39 Å². The van der Waals surface area contributed by atoms with Crippen LogP contribution in [0.1, 0.15) is 90.9 Å². The molecule has 0 amide bonds. The highest BCUT2D eigenvalue weighted by atomic mass is 35.5. The molecular formula is C23H40ClFO. The number of hydrogen-bond acceptors (Lipinski definition) is 1. The average molecular weight is 387 g/mol. The van der Waals surface area contributed by atoms with E-state index in [0.29, 0.717) is 12.5 Å². The summed E-state index contributed by atoms with van der Waals surface area (Å²) in [6, 6.07) is 0. The van der Waals surface area contributed by atoms with Crippen molar-refractivity contribution in [3.8, 4) is 0 Å². The normalized spacial score (nSPS) is 44.8. The van der Waals surface area contributed by atoms with Crippen molar-refractivity contribution in [3.63, 3.8) is 0 Å². The minimum atomic E-state index is -0.881. The van der Waals surface area contributed by atoms with E-state index in [-0.39, 0.29) is 12.0 Å². The van der Waals surface area contributed by atoms with Crippen LogP contribution in [-0.4, -0.2) is 24.3 Å². The predicted octanol–water partition coefficient (Wildman–Crippen LogP) is 7.16. The number of hydrogen-bond donors (Lipinski definition) is 0. The molecule has 0 aromatic carbocycles. The molecule has 4 atom stereocenters. The Morgan fingerprint density at radius 1 is 0.808 bits per heavy atom. The molecule has 0 aromatic heterocycles. The van der Waals surface area contributed by atoms with Gasteiger partial charge in [-0.1, -0.05) is 32.6 Å². The molecule has 3 aliphatic rings. The fourth-order valence-corrected chi connectivity index (χ4v) is 6.79. The Morgan fingerprint density at radius 3 is 1.96 bits per heavy atom. The summed E-state index contributed by atoms with van der Waals surface area (Å²) in [7, 11) is 0. The Labute approximate surface area is 165 Å². The highest BCUT2D eigenvalue weighted by molar-refractivity contribution is 6.21. The first-order valence-electron chi connectivity index (χ1n) is 11.5. The third-order valence-electron chi connectivity index (χ3n) is 7.91. The summed E-state index contributed by atoms with van der Waals surface area (Å²) >= 11 is 6.42. The van der Waals surface area contributed by atoms with Gasteiger partial charge in [0.1, 0.15) is 6.17 Å². The molecule has 3 aliphatic carbocycles. The molecule has 3 heteroatoms. The van der Waals surface area contributed by atoms with Crippen LogP contribution in [-0.2, 0) is 4.74 Å². The van der Waals surface area contributed by atoms with Crippen molar-refractivity contribution in [2.24, 2.45) is 29.6 Å². The smallest absolute Gasteiger partial charge is 0.122 e. The molecule has 0 heterocycles. The van der Waals surface area contributed by atoms with E-state index in [1.807, 2.05) is 6.92 Å². The molecule has 3 rings (SSSR count). The summed E-state index contributed by atoms with van der Waals surface area (Å²) in [6.45, 7) is 4.93. The lowest BCUT2D eigenvalue weighted by Crippen LogP contribution is -2.45. The Hall–Kier alpha value is 0.180. The van der Waals surface area contributed by atoms with Gasteiger partial charge in [0.05, 0.1) is 11.5 Å². The SMILES string of the molecule is CCCC1CCC(C2CCC(C3CCC(OCC)C(Cl)C3F)CC2)CC1. The number of alkyl halides is 2. The minimum Gasteiger partial charge on any atom is -0.377 e. The molecule has 152 valence electrons. The van der Waals surface area contributed by atoms with Crippen LogP contribution in [0.5, 0.6) is 0 Å². The first-order valence-corrected chi connectivity index (χ1v) is 12.0. The summed E-state index contributed by atoms with van der Waals surface area (Å²) < 4.78 is 20.6. The first kappa shape index (κ1) is 20.9. The molecule has 26 heavy (non-hydrogen) atoms. The fourth-order valence-electron chi connectivity index (χ4n) is 6.40. The van der Waals surface area contributed by atoms with Crippen LogP contribution in [0.4, 0.5) is 4.39 Å². The van der Waals surface area contributed by atoms with Crippen molar-refractivity contribution < 1.29 is 9.13 Å². The Bertz CT molecular complexity index is 401. The maximum absolute atomic E-state index is 15.0. The molecule has 1 nitrogen and oxygen atoms in total. The summed E-state index contributed by atoms with van der Waals surface area (Å²) in [4.78, 5) is 0. The van der Waals surface area contributed by atoms with Crippen LogP contribution in [0.15, 0.2) is 0 Å². The second-order valence-electron chi connectivity index (χ2n) is 9.37. The van der Waals surface area contributed by atoms with Crippen molar-refractivity contribution in [2.75, 3.05) is 6.61 Å². The van der Waals surface area contributed by atoms with Gasteiger partial charge < -0.3 is 4.74 Å². The maximum atomic E-state index is 15.0. The highest BCUT2D eigenvalue weighted by Gasteiger charge is 2.43. The van der Waals surface area contributed by atoms with E-state index >= 15 is 0 Å². The van der Waals surface area contributed by atoms with Gasteiger partial charge in [0.25, 0.3) is 0 Å². The van der Waals surface area contributed by atoms with Gasteiger partial charge in [0.2, 0.25) is 0 Å². The second-order valence-corrected chi connectivity index (χ2v) is 9.87. The molecular weight excluding hydrogens is 347 g/mol. The largest absolute Gasteiger partial charge is 0.377 e. The average Bonchev–Trinajstić information content (AvgIpc) is 2.67. The van der Waals surface area contributed by atoms with Crippen LogP contribution >= 0.6 is 11.6 Å². The van der Waals surface area contributed by atoms with Gasteiger partial charge in [-0.3, -0.25) is 0 Å². The van der Waals surface area contributed by atoms with Crippen molar-refractivity contribution >= 4 is 11.6 Å². The van der Waals surface area contributed by atoms with E-state index in [1.165, 1.54) is 64.2 Å².